The van der Waals surface area contributed by atoms with Crippen LogP contribution in [0.2, 0.25) is 0 Å². The van der Waals surface area contributed by atoms with Gasteiger partial charge in [-0.2, -0.15) is 0 Å². The number of rotatable bonds is 7. The first-order valence-electron chi connectivity index (χ1n) is 7.35. The van der Waals surface area contributed by atoms with Crippen molar-refractivity contribution in [2.75, 3.05) is 19.8 Å². The molecule has 114 valence electrons. The van der Waals surface area contributed by atoms with Gasteiger partial charge in [-0.1, -0.05) is 50.3 Å². The summed E-state index contributed by atoms with van der Waals surface area (Å²) < 4.78 is 10.4. The fourth-order valence-electron chi connectivity index (χ4n) is 2.49. The third-order valence-electron chi connectivity index (χ3n) is 3.81. The number of esters is 1. The van der Waals surface area contributed by atoms with E-state index >= 15 is 0 Å². The van der Waals surface area contributed by atoms with Crippen LogP contribution in [0.3, 0.4) is 0 Å². The molecule has 1 saturated heterocycles. The summed E-state index contributed by atoms with van der Waals surface area (Å²) in [6, 6.07) is 7.91. The van der Waals surface area contributed by atoms with Gasteiger partial charge in [0.1, 0.15) is 6.61 Å². The van der Waals surface area contributed by atoms with Crippen molar-refractivity contribution in [3.63, 3.8) is 0 Å². The van der Waals surface area contributed by atoms with Crippen molar-refractivity contribution < 1.29 is 14.3 Å². The van der Waals surface area contributed by atoms with E-state index in [-0.39, 0.29) is 24.0 Å². The molecule has 0 amide bonds. The summed E-state index contributed by atoms with van der Waals surface area (Å²) in [5, 5.41) is 0. The maximum Gasteiger partial charge on any atom is 0.313 e. The van der Waals surface area contributed by atoms with Gasteiger partial charge in [0.2, 0.25) is 0 Å². The van der Waals surface area contributed by atoms with E-state index in [1.165, 1.54) is 0 Å². The average Bonchev–Trinajstić information content (AvgIpc) is 2.48. The zero-order chi connectivity index (χ0) is 15.3. The standard InChI is InChI=1S/C17H23NO3/c1-3-5-15(16(19)21-10-4-2)13-6-8-14(9-7-13)17(18)11-20-12-17/h4,6-9,15H,2-3,5,10-12,18H2,1H3. The van der Waals surface area contributed by atoms with Crippen LogP contribution < -0.4 is 5.73 Å². The molecule has 1 atom stereocenters. The second-order valence-electron chi connectivity index (χ2n) is 5.53. The molecule has 0 bridgehead atoms. The molecule has 2 rings (SSSR count). The maximum atomic E-state index is 12.1. The predicted octanol–water partition coefficient (Wildman–Crippen LogP) is 2.48. The quantitative estimate of drug-likeness (QED) is 0.619. The third-order valence-corrected chi connectivity index (χ3v) is 3.81. The first kappa shape index (κ1) is 15.7. The van der Waals surface area contributed by atoms with Gasteiger partial charge in [0, 0.05) is 0 Å². The molecule has 0 aliphatic carbocycles. The Labute approximate surface area is 125 Å². The van der Waals surface area contributed by atoms with Crippen LogP contribution >= 0.6 is 0 Å². The molecule has 1 aliphatic rings. The summed E-state index contributed by atoms with van der Waals surface area (Å²) in [4.78, 5) is 12.1. The molecule has 1 aromatic rings. The van der Waals surface area contributed by atoms with Crippen molar-refractivity contribution in [1.29, 1.82) is 0 Å². The zero-order valence-corrected chi connectivity index (χ0v) is 12.5. The summed E-state index contributed by atoms with van der Waals surface area (Å²) in [7, 11) is 0. The summed E-state index contributed by atoms with van der Waals surface area (Å²) >= 11 is 0. The molecule has 4 heteroatoms. The normalized spacial score (nSPS) is 17.6. The Kier molecular flexibility index (Phi) is 5.15. The molecule has 1 aromatic carbocycles. The highest BCUT2D eigenvalue weighted by Crippen LogP contribution is 2.29. The Bertz CT molecular complexity index is 491. The topological polar surface area (TPSA) is 61.5 Å². The van der Waals surface area contributed by atoms with Crippen LogP contribution in [0.4, 0.5) is 0 Å². The molecule has 0 spiro atoms. The average molecular weight is 289 g/mol. The number of carbonyl (C=O) groups excluding carboxylic acids is 1. The molecular weight excluding hydrogens is 266 g/mol. The summed E-state index contributed by atoms with van der Waals surface area (Å²) in [5.41, 5.74) is 7.85. The van der Waals surface area contributed by atoms with E-state index in [4.69, 9.17) is 15.2 Å². The van der Waals surface area contributed by atoms with Gasteiger partial charge in [-0.3, -0.25) is 4.79 Å². The van der Waals surface area contributed by atoms with Gasteiger partial charge in [0.05, 0.1) is 24.7 Å². The van der Waals surface area contributed by atoms with E-state index in [1.54, 1.807) is 6.08 Å². The van der Waals surface area contributed by atoms with E-state index < -0.39 is 0 Å². The van der Waals surface area contributed by atoms with Gasteiger partial charge in [-0.05, 0) is 17.5 Å². The van der Waals surface area contributed by atoms with E-state index in [0.717, 1.165) is 24.0 Å². The summed E-state index contributed by atoms with van der Waals surface area (Å²) in [6.07, 6.45) is 3.27. The smallest absolute Gasteiger partial charge is 0.313 e. The molecule has 1 fully saturated rings. The lowest BCUT2D eigenvalue weighted by Crippen LogP contribution is -2.54. The largest absolute Gasteiger partial charge is 0.461 e. The molecular formula is C17H23NO3. The number of hydrogen-bond donors (Lipinski definition) is 1. The van der Waals surface area contributed by atoms with Gasteiger partial charge < -0.3 is 15.2 Å². The fourth-order valence-corrected chi connectivity index (χ4v) is 2.49. The molecule has 0 radical (unpaired) electrons. The Morgan fingerprint density at radius 2 is 2.14 bits per heavy atom. The lowest BCUT2D eigenvalue weighted by atomic mass is 9.86. The molecule has 1 aliphatic heterocycles. The minimum atomic E-state index is -0.373. The first-order valence-corrected chi connectivity index (χ1v) is 7.35. The predicted molar refractivity (Wildman–Crippen MR) is 81.9 cm³/mol. The van der Waals surface area contributed by atoms with Crippen molar-refractivity contribution in [3.05, 3.63) is 48.0 Å². The van der Waals surface area contributed by atoms with E-state index in [1.807, 2.05) is 24.3 Å². The lowest BCUT2D eigenvalue weighted by Gasteiger charge is -2.38. The molecule has 2 N–H and O–H groups in total. The SMILES string of the molecule is C=CCOC(=O)C(CCC)c1ccc(C2(N)COC2)cc1. The zero-order valence-electron chi connectivity index (χ0n) is 12.5. The van der Waals surface area contributed by atoms with Crippen molar-refractivity contribution >= 4 is 5.97 Å². The summed E-state index contributed by atoms with van der Waals surface area (Å²) in [6.45, 7) is 6.97. The second-order valence-corrected chi connectivity index (χ2v) is 5.53. The number of nitrogens with two attached hydrogens (primary N) is 1. The van der Waals surface area contributed by atoms with Gasteiger partial charge in [-0.25, -0.2) is 0 Å². The van der Waals surface area contributed by atoms with Gasteiger partial charge in [-0.15, -0.1) is 0 Å². The molecule has 0 saturated carbocycles. The number of benzene rings is 1. The van der Waals surface area contributed by atoms with E-state index in [2.05, 4.69) is 13.5 Å². The minimum absolute atomic E-state index is 0.195. The molecule has 1 heterocycles. The molecule has 0 aromatic heterocycles. The highest BCUT2D eigenvalue weighted by molar-refractivity contribution is 5.78. The molecule has 1 unspecified atom stereocenters. The lowest BCUT2D eigenvalue weighted by molar-refractivity contribution is -0.144. The Balaban J connectivity index is 2.12. The van der Waals surface area contributed by atoms with Crippen molar-refractivity contribution in [3.8, 4) is 0 Å². The third kappa shape index (κ3) is 3.52. The fraction of sp³-hybridized carbons (Fsp3) is 0.471. The maximum absolute atomic E-state index is 12.1. The number of carbonyl (C=O) groups is 1. The number of ether oxygens (including phenoxy) is 2. The van der Waals surface area contributed by atoms with Crippen molar-refractivity contribution in [2.45, 2.75) is 31.2 Å². The molecule has 4 nitrogen and oxygen atoms in total. The highest BCUT2D eigenvalue weighted by Gasteiger charge is 2.36. The van der Waals surface area contributed by atoms with Gasteiger partial charge in [0.25, 0.3) is 0 Å². The number of hydrogen-bond acceptors (Lipinski definition) is 4. The van der Waals surface area contributed by atoms with Crippen LogP contribution in [0, 0.1) is 0 Å². The van der Waals surface area contributed by atoms with Gasteiger partial charge in [0.15, 0.2) is 0 Å². The van der Waals surface area contributed by atoms with E-state index in [0.29, 0.717) is 13.2 Å². The van der Waals surface area contributed by atoms with Crippen LogP contribution in [-0.4, -0.2) is 25.8 Å². The van der Waals surface area contributed by atoms with Crippen LogP contribution in [0.5, 0.6) is 0 Å². The Hall–Kier alpha value is -1.65. The van der Waals surface area contributed by atoms with Crippen LogP contribution in [0.1, 0.15) is 36.8 Å². The van der Waals surface area contributed by atoms with Crippen molar-refractivity contribution in [1.82, 2.24) is 0 Å². The Morgan fingerprint density at radius 1 is 1.48 bits per heavy atom. The summed E-state index contributed by atoms with van der Waals surface area (Å²) in [5.74, 6) is -0.422. The van der Waals surface area contributed by atoms with Crippen LogP contribution in [-0.2, 0) is 19.8 Å². The second kappa shape index (κ2) is 6.87. The monoisotopic (exact) mass is 289 g/mol. The van der Waals surface area contributed by atoms with Crippen LogP contribution in [0.15, 0.2) is 36.9 Å². The van der Waals surface area contributed by atoms with Gasteiger partial charge >= 0.3 is 5.97 Å². The minimum Gasteiger partial charge on any atom is -0.461 e. The van der Waals surface area contributed by atoms with E-state index in [9.17, 15) is 4.79 Å². The van der Waals surface area contributed by atoms with Crippen molar-refractivity contribution in [2.24, 2.45) is 5.73 Å². The molecule has 21 heavy (non-hydrogen) atoms. The highest BCUT2D eigenvalue weighted by atomic mass is 16.5. The Morgan fingerprint density at radius 3 is 2.62 bits per heavy atom. The van der Waals surface area contributed by atoms with Crippen LogP contribution in [0.25, 0.3) is 0 Å². The first-order chi connectivity index (χ1) is 10.1.